The first kappa shape index (κ1) is 15.8. The molecule has 4 nitrogen and oxygen atoms in total. The average molecular weight is 366 g/mol. The molecule has 2 amide bonds. The van der Waals surface area contributed by atoms with Gasteiger partial charge in [-0.1, -0.05) is 48.5 Å². The van der Waals surface area contributed by atoms with Crippen LogP contribution in [0, 0.1) is 18.8 Å². The van der Waals surface area contributed by atoms with Crippen molar-refractivity contribution < 1.29 is 9.59 Å². The van der Waals surface area contributed by atoms with Gasteiger partial charge in [0.2, 0.25) is 11.8 Å². The monoisotopic (exact) mass is 366 g/mol. The Morgan fingerprint density at radius 2 is 1.21 bits per heavy atom. The van der Waals surface area contributed by atoms with Crippen LogP contribution in [-0.4, -0.2) is 16.8 Å². The topological polar surface area (TPSA) is 50.3 Å². The van der Waals surface area contributed by atoms with E-state index in [-0.39, 0.29) is 35.5 Å². The highest BCUT2D eigenvalue weighted by Crippen LogP contribution is 2.61. The van der Waals surface area contributed by atoms with Gasteiger partial charge in [0.05, 0.1) is 17.5 Å². The summed E-state index contributed by atoms with van der Waals surface area (Å²) in [4.78, 5) is 32.7. The van der Waals surface area contributed by atoms with Crippen LogP contribution >= 0.6 is 0 Å². The molecule has 0 N–H and O–H groups in total. The maximum atomic E-state index is 13.6. The second-order valence-electron chi connectivity index (χ2n) is 7.94. The van der Waals surface area contributed by atoms with Crippen molar-refractivity contribution in [2.75, 3.05) is 4.90 Å². The van der Waals surface area contributed by atoms with Crippen LogP contribution in [0.3, 0.4) is 0 Å². The van der Waals surface area contributed by atoms with Crippen molar-refractivity contribution in [1.82, 2.24) is 4.98 Å². The zero-order valence-corrected chi connectivity index (χ0v) is 15.4. The number of amides is 2. The summed E-state index contributed by atoms with van der Waals surface area (Å²) < 4.78 is 0. The first-order valence-electron chi connectivity index (χ1n) is 9.64. The van der Waals surface area contributed by atoms with E-state index in [1.165, 1.54) is 27.2 Å². The lowest BCUT2D eigenvalue weighted by Crippen LogP contribution is -2.41. The fourth-order valence-corrected chi connectivity index (χ4v) is 5.63. The molecular weight excluding hydrogens is 348 g/mol. The molecule has 4 heteroatoms. The predicted octanol–water partition coefficient (Wildman–Crippen LogP) is 3.79. The molecule has 7 rings (SSSR count). The Morgan fingerprint density at radius 3 is 1.64 bits per heavy atom. The lowest BCUT2D eigenvalue weighted by atomic mass is 9.55. The van der Waals surface area contributed by atoms with Gasteiger partial charge in [-0.2, -0.15) is 0 Å². The van der Waals surface area contributed by atoms with Gasteiger partial charge in [-0.3, -0.25) is 14.6 Å². The quantitative estimate of drug-likeness (QED) is 0.616. The Balaban J connectivity index is 1.59. The molecule has 4 aliphatic rings. The van der Waals surface area contributed by atoms with Gasteiger partial charge in [0.1, 0.15) is 0 Å². The Bertz CT molecular complexity index is 1050. The zero-order valence-electron chi connectivity index (χ0n) is 15.4. The summed E-state index contributed by atoms with van der Waals surface area (Å²) in [6, 6.07) is 18.4. The number of imide groups is 1. The number of aromatic nitrogens is 1. The number of nitrogens with zero attached hydrogens (tertiary/aromatic N) is 2. The predicted molar refractivity (Wildman–Crippen MR) is 105 cm³/mol. The third-order valence-electron chi connectivity index (χ3n) is 6.68. The van der Waals surface area contributed by atoms with Gasteiger partial charge in [0.15, 0.2) is 0 Å². The summed E-state index contributed by atoms with van der Waals surface area (Å²) in [6.45, 7) is 1.89. The maximum Gasteiger partial charge on any atom is 0.238 e. The van der Waals surface area contributed by atoms with Crippen LogP contribution in [0.4, 0.5) is 5.69 Å². The normalized spacial score (nSPS) is 26.8. The number of hydrogen-bond donors (Lipinski definition) is 0. The van der Waals surface area contributed by atoms with E-state index in [0.717, 1.165) is 5.56 Å². The fraction of sp³-hybridized carbons (Fsp3) is 0.208. The minimum atomic E-state index is -0.338. The second kappa shape index (κ2) is 5.38. The Hall–Kier alpha value is -3.27. The van der Waals surface area contributed by atoms with E-state index in [4.69, 9.17) is 0 Å². The molecule has 3 aliphatic carbocycles. The van der Waals surface area contributed by atoms with Crippen molar-refractivity contribution >= 4 is 17.5 Å². The van der Waals surface area contributed by atoms with Crippen LogP contribution in [0.1, 0.15) is 39.7 Å². The van der Waals surface area contributed by atoms with Crippen molar-refractivity contribution in [3.05, 3.63) is 94.8 Å². The first-order chi connectivity index (χ1) is 13.7. The molecule has 2 bridgehead atoms. The molecule has 1 saturated heterocycles. The molecule has 2 heterocycles. The number of aryl methyl sites for hydroxylation is 1. The smallest absolute Gasteiger partial charge is 0.238 e. The molecule has 1 fully saturated rings. The van der Waals surface area contributed by atoms with Gasteiger partial charge in [0, 0.05) is 24.2 Å². The van der Waals surface area contributed by atoms with Crippen LogP contribution in [-0.2, 0) is 9.59 Å². The Morgan fingerprint density at radius 1 is 0.750 bits per heavy atom. The number of hydrogen-bond acceptors (Lipinski definition) is 3. The lowest BCUT2D eigenvalue weighted by Gasteiger charge is -2.45. The highest BCUT2D eigenvalue weighted by atomic mass is 16.2. The maximum absolute atomic E-state index is 13.6. The summed E-state index contributed by atoms with van der Waals surface area (Å²) in [6.07, 6.45) is 3.35. The van der Waals surface area contributed by atoms with Crippen molar-refractivity contribution in [2.24, 2.45) is 11.8 Å². The molecule has 0 radical (unpaired) electrons. The van der Waals surface area contributed by atoms with Gasteiger partial charge in [-0.15, -0.1) is 0 Å². The summed E-state index contributed by atoms with van der Waals surface area (Å²) in [5, 5.41) is 0. The van der Waals surface area contributed by atoms with Crippen molar-refractivity contribution in [2.45, 2.75) is 18.8 Å². The lowest BCUT2D eigenvalue weighted by molar-refractivity contribution is -0.122. The third kappa shape index (κ3) is 1.78. The van der Waals surface area contributed by atoms with Gasteiger partial charge < -0.3 is 0 Å². The van der Waals surface area contributed by atoms with Gasteiger partial charge in [-0.25, -0.2) is 4.90 Å². The highest BCUT2D eigenvalue weighted by molar-refractivity contribution is 6.23. The molecule has 28 heavy (non-hydrogen) atoms. The number of anilines is 1. The van der Waals surface area contributed by atoms with E-state index in [2.05, 4.69) is 29.2 Å². The van der Waals surface area contributed by atoms with Gasteiger partial charge >= 0.3 is 0 Å². The molecule has 0 saturated carbocycles. The second-order valence-corrected chi connectivity index (χ2v) is 7.94. The van der Waals surface area contributed by atoms with E-state index in [9.17, 15) is 9.59 Å². The number of pyridine rings is 1. The van der Waals surface area contributed by atoms with E-state index in [1.54, 1.807) is 18.5 Å². The van der Waals surface area contributed by atoms with Crippen LogP contribution in [0.2, 0.25) is 0 Å². The Kier molecular flexibility index (Phi) is 3.03. The number of carbonyl (C=O) groups excluding carboxylic acids is 2. The summed E-state index contributed by atoms with van der Waals surface area (Å²) in [7, 11) is 0. The van der Waals surface area contributed by atoms with Crippen molar-refractivity contribution in [3.8, 4) is 0 Å². The minimum absolute atomic E-state index is 0.0639. The van der Waals surface area contributed by atoms with E-state index in [1.807, 2.05) is 31.2 Å². The largest absolute Gasteiger partial charge is 0.274 e. The molecule has 0 unspecified atom stereocenters. The molecule has 3 aromatic rings. The molecule has 2 atom stereocenters. The molecule has 2 aromatic carbocycles. The SMILES string of the molecule is Cc1cnccc1N1C(=O)[C@@H]2C3c4ccccc4C(c4ccccc43)[C@@H]2C1=O. The minimum Gasteiger partial charge on any atom is -0.274 e. The number of carbonyl (C=O) groups is 2. The van der Waals surface area contributed by atoms with Crippen LogP contribution in [0.25, 0.3) is 0 Å². The highest BCUT2D eigenvalue weighted by Gasteiger charge is 2.61. The van der Waals surface area contributed by atoms with Crippen LogP contribution in [0.5, 0.6) is 0 Å². The molecule has 136 valence electrons. The number of rotatable bonds is 1. The average Bonchev–Trinajstić information content (AvgIpc) is 2.99. The third-order valence-corrected chi connectivity index (χ3v) is 6.68. The van der Waals surface area contributed by atoms with E-state index in [0.29, 0.717) is 5.69 Å². The van der Waals surface area contributed by atoms with E-state index < -0.39 is 0 Å². The molecular formula is C24H18N2O2. The standard InChI is InChI=1S/C24H18N2O2/c1-13-12-25-11-10-18(13)26-23(27)21-19-14-6-2-3-7-15(14)20(22(21)24(26)28)17-9-5-4-8-16(17)19/h2-12,19-22H,1H3/t19?,20?,21-,22+. The number of benzene rings is 2. The molecule has 0 spiro atoms. The fourth-order valence-electron chi connectivity index (χ4n) is 5.63. The van der Waals surface area contributed by atoms with Crippen LogP contribution in [0.15, 0.2) is 67.0 Å². The molecule has 1 aromatic heterocycles. The van der Waals surface area contributed by atoms with E-state index >= 15 is 0 Å². The summed E-state index contributed by atoms with van der Waals surface area (Å²) >= 11 is 0. The van der Waals surface area contributed by atoms with Gasteiger partial charge in [0.25, 0.3) is 0 Å². The summed E-state index contributed by atoms with van der Waals surface area (Å²) in [5.41, 5.74) is 6.28. The zero-order chi connectivity index (χ0) is 19.0. The van der Waals surface area contributed by atoms with Gasteiger partial charge in [-0.05, 0) is 40.8 Å². The van der Waals surface area contributed by atoms with Crippen molar-refractivity contribution in [1.29, 1.82) is 0 Å². The first-order valence-corrected chi connectivity index (χ1v) is 9.64. The van der Waals surface area contributed by atoms with Crippen molar-refractivity contribution in [3.63, 3.8) is 0 Å². The Labute approximate surface area is 162 Å². The summed E-state index contributed by atoms with van der Waals surface area (Å²) in [5.74, 6) is -0.965. The van der Waals surface area contributed by atoms with Crippen LogP contribution < -0.4 is 4.90 Å². The molecule has 1 aliphatic heterocycles.